The first-order chi connectivity index (χ1) is 14.2. The molecule has 164 valence electrons. The molecule has 0 aromatic heterocycles. The number of halogens is 1. The fraction of sp³-hybridized carbons (Fsp3) is 0.435. The minimum absolute atomic E-state index is 0. The van der Waals surface area contributed by atoms with E-state index >= 15 is 0 Å². The van der Waals surface area contributed by atoms with E-state index < -0.39 is 6.10 Å². The van der Waals surface area contributed by atoms with E-state index in [0.717, 1.165) is 50.0 Å². The molecule has 0 saturated carbocycles. The molecule has 1 heterocycles. The Hall–Kier alpha value is -2.00. The minimum Gasteiger partial charge on any atom is -0.497 e. The third kappa shape index (κ3) is 7.05. The normalized spacial score (nSPS) is 15.4. The molecule has 1 unspecified atom stereocenters. The second-order valence-electron chi connectivity index (χ2n) is 7.21. The van der Waals surface area contributed by atoms with Gasteiger partial charge in [0.05, 0.1) is 19.8 Å². The number of aliphatic imine (C=N–C) groups is 1. The predicted molar refractivity (Wildman–Crippen MR) is 134 cm³/mol. The number of rotatable bonds is 7. The number of benzene rings is 2. The summed E-state index contributed by atoms with van der Waals surface area (Å²) in [6, 6.07) is 18.3. The van der Waals surface area contributed by atoms with E-state index in [-0.39, 0.29) is 24.0 Å². The Morgan fingerprint density at radius 2 is 1.83 bits per heavy atom. The smallest absolute Gasteiger partial charge is 0.194 e. The Labute approximate surface area is 197 Å². The van der Waals surface area contributed by atoms with Crippen molar-refractivity contribution in [1.82, 2.24) is 10.2 Å². The first-order valence-electron chi connectivity index (χ1n) is 10.3. The number of nitrogens with zero attached hydrogens (tertiary/aromatic N) is 3. The van der Waals surface area contributed by atoms with Crippen molar-refractivity contribution in [3.05, 3.63) is 60.2 Å². The average molecular weight is 524 g/mol. The third-order valence-electron chi connectivity index (χ3n) is 5.10. The van der Waals surface area contributed by atoms with E-state index in [4.69, 9.17) is 9.73 Å². The number of aliphatic hydroxyl groups excluding tert-OH is 1. The monoisotopic (exact) mass is 524 g/mol. The predicted octanol–water partition coefficient (Wildman–Crippen LogP) is 3.00. The lowest BCUT2D eigenvalue weighted by Crippen LogP contribution is -2.52. The van der Waals surface area contributed by atoms with E-state index in [2.05, 4.69) is 34.2 Å². The maximum absolute atomic E-state index is 10.4. The standard InChI is InChI=1S/C23H32N4O2.HI/c1-3-24-23(25-18-21(28)16-19-8-5-4-6-9-19)27-14-12-26(13-15-27)20-10-7-11-22(17-20)29-2;/h4-11,17,21,28H,3,12-16,18H2,1-2H3,(H,24,25);1H. The number of ether oxygens (including phenoxy) is 1. The Balaban J connectivity index is 0.00000320. The third-order valence-corrected chi connectivity index (χ3v) is 5.10. The molecule has 6 nitrogen and oxygen atoms in total. The molecule has 2 aromatic rings. The Kier molecular flexibility index (Phi) is 10.2. The highest BCUT2D eigenvalue weighted by Gasteiger charge is 2.20. The number of anilines is 1. The lowest BCUT2D eigenvalue weighted by atomic mass is 10.1. The van der Waals surface area contributed by atoms with Crippen LogP contribution in [0.3, 0.4) is 0 Å². The first-order valence-corrected chi connectivity index (χ1v) is 10.3. The Morgan fingerprint density at radius 1 is 1.10 bits per heavy atom. The van der Waals surface area contributed by atoms with Gasteiger partial charge in [0.15, 0.2) is 5.96 Å². The molecule has 1 fully saturated rings. The van der Waals surface area contributed by atoms with Crippen molar-refractivity contribution in [1.29, 1.82) is 0 Å². The Bertz CT molecular complexity index is 780. The SMILES string of the molecule is CCNC(=NCC(O)Cc1ccccc1)N1CCN(c2cccc(OC)c2)CC1.I. The lowest BCUT2D eigenvalue weighted by Gasteiger charge is -2.37. The topological polar surface area (TPSA) is 60.3 Å². The van der Waals surface area contributed by atoms with Crippen LogP contribution in [0, 0.1) is 0 Å². The minimum atomic E-state index is -0.482. The Morgan fingerprint density at radius 3 is 2.50 bits per heavy atom. The van der Waals surface area contributed by atoms with Crippen molar-refractivity contribution >= 4 is 35.6 Å². The molecular weight excluding hydrogens is 491 g/mol. The summed E-state index contributed by atoms with van der Waals surface area (Å²) in [6.07, 6.45) is 0.136. The highest BCUT2D eigenvalue weighted by Crippen LogP contribution is 2.22. The molecule has 30 heavy (non-hydrogen) atoms. The van der Waals surface area contributed by atoms with Crippen molar-refractivity contribution in [3.8, 4) is 5.75 Å². The lowest BCUT2D eigenvalue weighted by molar-refractivity contribution is 0.183. The van der Waals surface area contributed by atoms with Crippen molar-refractivity contribution < 1.29 is 9.84 Å². The molecule has 0 radical (unpaired) electrons. The second kappa shape index (κ2) is 12.6. The molecule has 1 aliphatic rings. The molecule has 0 spiro atoms. The maximum atomic E-state index is 10.4. The van der Waals surface area contributed by atoms with Crippen molar-refractivity contribution in [3.63, 3.8) is 0 Å². The molecule has 1 aliphatic heterocycles. The van der Waals surface area contributed by atoms with Gasteiger partial charge in [0.2, 0.25) is 0 Å². The molecule has 7 heteroatoms. The van der Waals surface area contributed by atoms with Crippen molar-refractivity contribution in [2.45, 2.75) is 19.4 Å². The van der Waals surface area contributed by atoms with E-state index in [9.17, 15) is 5.11 Å². The van der Waals surface area contributed by atoms with Crippen LogP contribution in [0.1, 0.15) is 12.5 Å². The maximum Gasteiger partial charge on any atom is 0.194 e. The number of hydrogen-bond acceptors (Lipinski definition) is 4. The van der Waals surface area contributed by atoms with Crippen LogP contribution in [0.4, 0.5) is 5.69 Å². The molecule has 1 atom stereocenters. The van der Waals surface area contributed by atoms with Crippen LogP contribution in [0.25, 0.3) is 0 Å². The summed E-state index contributed by atoms with van der Waals surface area (Å²) in [5, 5.41) is 13.8. The first kappa shape index (κ1) is 24.3. The van der Waals surface area contributed by atoms with Crippen LogP contribution in [-0.4, -0.2) is 68.4 Å². The van der Waals surface area contributed by atoms with Gasteiger partial charge in [0.25, 0.3) is 0 Å². The number of guanidine groups is 1. The number of piperazine rings is 1. The molecule has 3 rings (SSSR count). The van der Waals surface area contributed by atoms with Gasteiger partial charge in [-0.25, -0.2) is 0 Å². The van der Waals surface area contributed by atoms with Gasteiger partial charge in [-0.2, -0.15) is 0 Å². The summed E-state index contributed by atoms with van der Waals surface area (Å²) in [6.45, 7) is 6.89. The average Bonchev–Trinajstić information content (AvgIpc) is 2.77. The van der Waals surface area contributed by atoms with E-state index in [0.29, 0.717) is 13.0 Å². The quantitative estimate of drug-likeness (QED) is 0.332. The highest BCUT2D eigenvalue weighted by atomic mass is 127. The van der Waals surface area contributed by atoms with Gasteiger partial charge >= 0.3 is 0 Å². The zero-order valence-corrected chi connectivity index (χ0v) is 20.2. The van der Waals surface area contributed by atoms with E-state index in [1.807, 2.05) is 42.5 Å². The van der Waals surface area contributed by atoms with Crippen LogP contribution < -0.4 is 15.0 Å². The van der Waals surface area contributed by atoms with E-state index in [1.165, 1.54) is 5.69 Å². The van der Waals surface area contributed by atoms with Gasteiger partial charge in [-0.3, -0.25) is 4.99 Å². The zero-order valence-electron chi connectivity index (χ0n) is 17.8. The van der Waals surface area contributed by atoms with Gasteiger partial charge in [-0.1, -0.05) is 36.4 Å². The summed E-state index contributed by atoms with van der Waals surface area (Å²) >= 11 is 0. The molecular formula is C23H33IN4O2. The molecule has 0 aliphatic carbocycles. The number of hydrogen-bond donors (Lipinski definition) is 2. The molecule has 0 bridgehead atoms. The summed E-state index contributed by atoms with van der Waals surface area (Å²) in [7, 11) is 1.70. The van der Waals surface area contributed by atoms with Crippen LogP contribution in [0.5, 0.6) is 5.75 Å². The summed E-state index contributed by atoms with van der Waals surface area (Å²) < 4.78 is 5.34. The highest BCUT2D eigenvalue weighted by molar-refractivity contribution is 14.0. The number of aliphatic hydroxyl groups is 1. The van der Waals surface area contributed by atoms with Crippen molar-refractivity contribution in [2.75, 3.05) is 51.3 Å². The van der Waals surface area contributed by atoms with Crippen LogP contribution in [0.2, 0.25) is 0 Å². The molecule has 2 aromatic carbocycles. The summed E-state index contributed by atoms with van der Waals surface area (Å²) in [5.41, 5.74) is 2.32. The van der Waals surface area contributed by atoms with Gasteiger partial charge < -0.3 is 25.0 Å². The van der Waals surface area contributed by atoms with Crippen molar-refractivity contribution in [2.24, 2.45) is 4.99 Å². The fourth-order valence-corrected chi connectivity index (χ4v) is 3.55. The molecule has 1 saturated heterocycles. The number of methoxy groups -OCH3 is 1. The molecule has 0 amide bonds. The van der Waals surface area contributed by atoms with Crippen LogP contribution in [0.15, 0.2) is 59.6 Å². The van der Waals surface area contributed by atoms with Gasteiger partial charge in [0, 0.05) is 50.9 Å². The van der Waals surface area contributed by atoms with Gasteiger partial charge in [0.1, 0.15) is 5.75 Å². The molecule has 2 N–H and O–H groups in total. The largest absolute Gasteiger partial charge is 0.497 e. The fourth-order valence-electron chi connectivity index (χ4n) is 3.55. The second-order valence-corrected chi connectivity index (χ2v) is 7.21. The summed E-state index contributed by atoms with van der Waals surface area (Å²) in [5.74, 6) is 1.76. The van der Waals surface area contributed by atoms with E-state index in [1.54, 1.807) is 7.11 Å². The zero-order chi connectivity index (χ0) is 20.5. The van der Waals surface area contributed by atoms with Gasteiger partial charge in [-0.05, 0) is 24.6 Å². The van der Waals surface area contributed by atoms with Crippen LogP contribution >= 0.6 is 24.0 Å². The van der Waals surface area contributed by atoms with Crippen LogP contribution in [-0.2, 0) is 6.42 Å². The summed E-state index contributed by atoms with van der Waals surface area (Å²) in [4.78, 5) is 9.34. The number of nitrogens with one attached hydrogen (secondary N) is 1. The van der Waals surface area contributed by atoms with Gasteiger partial charge in [-0.15, -0.1) is 24.0 Å².